The van der Waals surface area contributed by atoms with Crippen LogP contribution in [0, 0.1) is 0 Å². The summed E-state index contributed by atoms with van der Waals surface area (Å²) in [5.74, 6) is 0.561. The first-order valence-corrected chi connectivity index (χ1v) is 6.29. The summed E-state index contributed by atoms with van der Waals surface area (Å²) in [5, 5.41) is 0. The summed E-state index contributed by atoms with van der Waals surface area (Å²) in [6, 6.07) is 3.19. The summed E-state index contributed by atoms with van der Waals surface area (Å²) in [4.78, 5) is 3.92. The van der Waals surface area contributed by atoms with Crippen LogP contribution in [0.15, 0.2) is 16.6 Å². The minimum absolute atomic E-state index is 0.229. The molecule has 1 rings (SSSR count). The van der Waals surface area contributed by atoms with Crippen LogP contribution in [-0.4, -0.2) is 26.8 Å². The quantitative estimate of drug-likeness (QED) is 0.904. The van der Waals surface area contributed by atoms with E-state index in [0.717, 1.165) is 6.26 Å². The summed E-state index contributed by atoms with van der Waals surface area (Å²) < 4.78 is 29.6. The van der Waals surface area contributed by atoms with Crippen molar-refractivity contribution in [2.45, 2.75) is 0 Å². The molecule has 0 unspecified atom stereocenters. The number of sulfonamides is 1. The molecule has 1 aromatic rings. The molecule has 14 heavy (non-hydrogen) atoms. The molecule has 0 saturated carbocycles. The Morgan fingerprint density at radius 3 is 2.64 bits per heavy atom. The fourth-order valence-corrected chi connectivity index (χ4v) is 1.69. The lowest BCUT2D eigenvalue weighted by atomic mass is 10.4. The SMILES string of the molecule is COc1nc(NS(C)(=O)=O)ccc1Br. The Hall–Kier alpha value is -0.820. The second kappa shape index (κ2) is 4.14. The van der Waals surface area contributed by atoms with E-state index in [2.05, 4.69) is 25.6 Å². The van der Waals surface area contributed by atoms with Gasteiger partial charge in [-0.25, -0.2) is 8.42 Å². The first-order chi connectivity index (χ1) is 6.42. The number of methoxy groups -OCH3 is 1. The fraction of sp³-hybridized carbons (Fsp3) is 0.286. The zero-order chi connectivity index (χ0) is 10.8. The second-order valence-corrected chi connectivity index (χ2v) is 5.16. The number of aromatic nitrogens is 1. The van der Waals surface area contributed by atoms with Crippen LogP contribution in [0.5, 0.6) is 5.88 Å². The van der Waals surface area contributed by atoms with Crippen LogP contribution in [0.4, 0.5) is 5.82 Å². The van der Waals surface area contributed by atoms with Gasteiger partial charge in [-0.3, -0.25) is 4.72 Å². The minimum atomic E-state index is -3.30. The standard InChI is InChI=1S/C7H9BrN2O3S/c1-13-7-5(8)3-4-6(9-7)10-14(2,11)12/h3-4H,1-2H3,(H,9,10). The molecule has 1 N–H and O–H groups in total. The van der Waals surface area contributed by atoms with Gasteiger partial charge in [0.2, 0.25) is 15.9 Å². The molecular weight excluding hydrogens is 272 g/mol. The van der Waals surface area contributed by atoms with Crippen molar-refractivity contribution in [3.8, 4) is 5.88 Å². The van der Waals surface area contributed by atoms with Gasteiger partial charge >= 0.3 is 0 Å². The van der Waals surface area contributed by atoms with Crippen LogP contribution in [0.3, 0.4) is 0 Å². The van der Waals surface area contributed by atoms with Crippen LogP contribution >= 0.6 is 15.9 Å². The summed E-state index contributed by atoms with van der Waals surface area (Å²) >= 11 is 3.21. The molecule has 0 fully saturated rings. The number of halogens is 1. The van der Waals surface area contributed by atoms with Gasteiger partial charge in [0.1, 0.15) is 5.82 Å². The van der Waals surface area contributed by atoms with Gasteiger partial charge in [0.05, 0.1) is 17.8 Å². The average Bonchev–Trinajstić information content (AvgIpc) is 2.06. The molecule has 0 aliphatic carbocycles. The van der Waals surface area contributed by atoms with E-state index < -0.39 is 10.0 Å². The molecule has 0 spiro atoms. The zero-order valence-corrected chi connectivity index (χ0v) is 10.0. The molecule has 1 aromatic heterocycles. The highest BCUT2D eigenvalue weighted by atomic mass is 79.9. The number of anilines is 1. The lowest BCUT2D eigenvalue weighted by Gasteiger charge is -2.06. The molecule has 7 heteroatoms. The Morgan fingerprint density at radius 1 is 1.50 bits per heavy atom. The van der Waals surface area contributed by atoms with Crippen molar-refractivity contribution in [3.63, 3.8) is 0 Å². The van der Waals surface area contributed by atoms with E-state index in [0.29, 0.717) is 10.4 Å². The summed E-state index contributed by atoms with van der Waals surface area (Å²) in [6.45, 7) is 0. The van der Waals surface area contributed by atoms with E-state index in [1.54, 1.807) is 6.07 Å². The number of hydrogen-bond donors (Lipinski definition) is 1. The first-order valence-electron chi connectivity index (χ1n) is 3.60. The van der Waals surface area contributed by atoms with Gasteiger partial charge in [-0.05, 0) is 28.1 Å². The van der Waals surface area contributed by atoms with Gasteiger partial charge < -0.3 is 4.74 Å². The average molecular weight is 281 g/mol. The molecule has 0 aromatic carbocycles. The van der Waals surface area contributed by atoms with Crippen molar-refractivity contribution in [1.82, 2.24) is 4.98 Å². The smallest absolute Gasteiger partial charge is 0.230 e. The number of ether oxygens (including phenoxy) is 1. The fourth-order valence-electron chi connectivity index (χ4n) is 0.813. The van der Waals surface area contributed by atoms with Crippen LogP contribution in [0.2, 0.25) is 0 Å². The van der Waals surface area contributed by atoms with Crippen molar-refractivity contribution in [2.24, 2.45) is 0 Å². The molecule has 0 saturated heterocycles. The molecule has 78 valence electrons. The van der Waals surface area contributed by atoms with Gasteiger partial charge in [-0.15, -0.1) is 0 Å². The molecule has 0 bridgehead atoms. The lowest BCUT2D eigenvalue weighted by Crippen LogP contribution is -2.11. The van der Waals surface area contributed by atoms with Crippen LogP contribution in [0.25, 0.3) is 0 Å². The first kappa shape index (κ1) is 11.3. The predicted molar refractivity (Wildman–Crippen MR) is 57.0 cm³/mol. The monoisotopic (exact) mass is 280 g/mol. The number of hydrogen-bond acceptors (Lipinski definition) is 4. The van der Waals surface area contributed by atoms with Crippen molar-refractivity contribution >= 4 is 31.8 Å². The van der Waals surface area contributed by atoms with Gasteiger partial charge in [0, 0.05) is 0 Å². The Morgan fingerprint density at radius 2 is 2.14 bits per heavy atom. The third kappa shape index (κ3) is 3.15. The third-order valence-electron chi connectivity index (χ3n) is 1.30. The molecule has 5 nitrogen and oxygen atoms in total. The van der Waals surface area contributed by atoms with Gasteiger partial charge in [0.25, 0.3) is 0 Å². The highest BCUT2D eigenvalue weighted by molar-refractivity contribution is 9.10. The molecule has 0 amide bonds. The Kier molecular flexibility index (Phi) is 3.33. The number of nitrogens with zero attached hydrogens (tertiary/aromatic N) is 1. The molecule has 0 aliphatic rings. The van der Waals surface area contributed by atoms with E-state index in [4.69, 9.17) is 4.74 Å². The molecule has 0 aliphatic heterocycles. The molecule has 1 heterocycles. The van der Waals surface area contributed by atoms with E-state index in [1.165, 1.54) is 13.2 Å². The van der Waals surface area contributed by atoms with Crippen molar-refractivity contribution in [1.29, 1.82) is 0 Å². The second-order valence-electron chi connectivity index (χ2n) is 2.56. The largest absolute Gasteiger partial charge is 0.480 e. The topological polar surface area (TPSA) is 68.3 Å². The maximum absolute atomic E-state index is 10.9. The minimum Gasteiger partial charge on any atom is -0.480 e. The summed E-state index contributed by atoms with van der Waals surface area (Å²) in [6.07, 6.45) is 1.06. The molecule has 0 atom stereocenters. The van der Waals surface area contributed by atoms with E-state index in [9.17, 15) is 8.42 Å². The van der Waals surface area contributed by atoms with Crippen molar-refractivity contribution in [2.75, 3.05) is 18.1 Å². The van der Waals surface area contributed by atoms with E-state index in [1.807, 2.05) is 0 Å². The zero-order valence-electron chi connectivity index (χ0n) is 7.61. The van der Waals surface area contributed by atoms with Crippen LogP contribution in [-0.2, 0) is 10.0 Å². The Labute approximate surface area is 90.7 Å². The normalized spacial score (nSPS) is 11.1. The Balaban J connectivity index is 3.01. The van der Waals surface area contributed by atoms with Crippen LogP contribution < -0.4 is 9.46 Å². The van der Waals surface area contributed by atoms with Gasteiger partial charge in [-0.2, -0.15) is 4.98 Å². The highest BCUT2D eigenvalue weighted by Gasteiger charge is 2.06. The lowest BCUT2D eigenvalue weighted by molar-refractivity contribution is 0.396. The number of pyridine rings is 1. The Bertz CT molecular complexity index is 433. The van der Waals surface area contributed by atoms with Crippen LogP contribution in [0.1, 0.15) is 0 Å². The van der Waals surface area contributed by atoms with Gasteiger partial charge in [0.15, 0.2) is 0 Å². The van der Waals surface area contributed by atoms with Crippen molar-refractivity contribution < 1.29 is 13.2 Å². The number of rotatable bonds is 3. The maximum atomic E-state index is 10.9. The van der Waals surface area contributed by atoms with Crippen molar-refractivity contribution in [3.05, 3.63) is 16.6 Å². The number of nitrogens with one attached hydrogen (secondary N) is 1. The molecular formula is C7H9BrN2O3S. The van der Waals surface area contributed by atoms with E-state index >= 15 is 0 Å². The third-order valence-corrected chi connectivity index (χ3v) is 2.48. The summed E-state index contributed by atoms with van der Waals surface area (Å²) in [7, 11) is -1.84. The summed E-state index contributed by atoms with van der Waals surface area (Å²) in [5.41, 5.74) is 0. The molecule has 0 radical (unpaired) electrons. The van der Waals surface area contributed by atoms with E-state index in [-0.39, 0.29) is 5.82 Å². The highest BCUT2D eigenvalue weighted by Crippen LogP contribution is 2.23. The maximum Gasteiger partial charge on any atom is 0.230 e. The van der Waals surface area contributed by atoms with Gasteiger partial charge in [-0.1, -0.05) is 0 Å². The predicted octanol–water partition coefficient (Wildman–Crippen LogP) is 1.22.